The van der Waals surface area contributed by atoms with Crippen molar-refractivity contribution in [1.29, 1.82) is 0 Å². The van der Waals surface area contributed by atoms with Crippen LogP contribution in [0.25, 0.3) is 0 Å². The molecule has 11 heavy (non-hydrogen) atoms. The van der Waals surface area contributed by atoms with Crippen LogP contribution in [-0.4, -0.2) is 30.9 Å². The Labute approximate surface area is 64.9 Å². The van der Waals surface area contributed by atoms with E-state index in [1.165, 1.54) is 6.92 Å². The van der Waals surface area contributed by atoms with Crippen LogP contribution in [-0.2, 0) is 14.3 Å². The quantitative estimate of drug-likeness (QED) is 0.433. The molecule has 4 heteroatoms. The molecule has 1 N–H and O–H groups in total. The Morgan fingerprint density at radius 2 is 2.45 bits per heavy atom. The van der Waals surface area contributed by atoms with E-state index in [0.717, 1.165) is 6.29 Å². The van der Waals surface area contributed by atoms with Crippen molar-refractivity contribution in [2.24, 2.45) is 0 Å². The van der Waals surface area contributed by atoms with Crippen molar-refractivity contribution in [3.05, 3.63) is 0 Å². The topological polar surface area (TPSA) is 55.4 Å². The standard InChI is InChI=1S/C7H11NO3/c1-5(10)11-7-2-6(4-9)8-3-7/h4,6-8H,2-3H2,1H3/t6-,7+/m0/s1. The molecule has 2 atom stereocenters. The summed E-state index contributed by atoms with van der Waals surface area (Å²) in [6, 6.07) is -0.139. The summed E-state index contributed by atoms with van der Waals surface area (Å²) >= 11 is 0. The van der Waals surface area contributed by atoms with Crippen LogP contribution in [0.3, 0.4) is 0 Å². The summed E-state index contributed by atoms with van der Waals surface area (Å²) in [5.74, 6) is -0.289. The van der Waals surface area contributed by atoms with E-state index >= 15 is 0 Å². The van der Waals surface area contributed by atoms with Gasteiger partial charge in [-0.3, -0.25) is 4.79 Å². The number of carbonyl (C=O) groups excluding carboxylic acids is 2. The predicted molar refractivity (Wildman–Crippen MR) is 38.0 cm³/mol. The third-order valence-electron chi connectivity index (χ3n) is 1.62. The molecule has 0 radical (unpaired) electrons. The maximum Gasteiger partial charge on any atom is 0.302 e. The maximum absolute atomic E-state index is 10.5. The van der Waals surface area contributed by atoms with E-state index in [-0.39, 0.29) is 18.1 Å². The largest absolute Gasteiger partial charge is 0.461 e. The average Bonchev–Trinajstić information content (AvgIpc) is 2.34. The lowest BCUT2D eigenvalue weighted by Gasteiger charge is -2.07. The summed E-state index contributed by atoms with van der Waals surface area (Å²) in [4.78, 5) is 20.7. The Morgan fingerprint density at radius 3 is 2.91 bits per heavy atom. The molecule has 1 rings (SSSR count). The molecule has 0 amide bonds. The first-order chi connectivity index (χ1) is 5.22. The normalized spacial score (nSPS) is 29.9. The molecule has 0 aliphatic carbocycles. The molecule has 0 aromatic carbocycles. The number of ether oxygens (including phenoxy) is 1. The predicted octanol–water partition coefficient (Wildman–Crippen LogP) is -0.521. The Bertz CT molecular complexity index is 169. The molecule has 0 unspecified atom stereocenters. The zero-order chi connectivity index (χ0) is 8.27. The van der Waals surface area contributed by atoms with Gasteiger partial charge in [-0.25, -0.2) is 0 Å². The summed E-state index contributed by atoms with van der Waals surface area (Å²) in [5, 5.41) is 2.92. The van der Waals surface area contributed by atoms with Gasteiger partial charge in [-0.1, -0.05) is 0 Å². The summed E-state index contributed by atoms with van der Waals surface area (Å²) in [6.45, 7) is 1.96. The van der Waals surface area contributed by atoms with Crippen LogP contribution in [0.5, 0.6) is 0 Å². The molecule has 0 spiro atoms. The summed E-state index contributed by atoms with van der Waals surface area (Å²) in [7, 11) is 0. The molecule has 62 valence electrons. The van der Waals surface area contributed by atoms with Gasteiger partial charge in [-0.2, -0.15) is 0 Å². The minimum absolute atomic E-state index is 0.123. The number of nitrogens with one attached hydrogen (secondary N) is 1. The fraction of sp³-hybridized carbons (Fsp3) is 0.714. The van der Waals surface area contributed by atoms with E-state index in [2.05, 4.69) is 5.32 Å². The maximum atomic E-state index is 10.5. The molecule has 1 fully saturated rings. The molecule has 1 aliphatic rings. The molecule has 0 aromatic heterocycles. The fourth-order valence-corrected chi connectivity index (χ4v) is 1.16. The zero-order valence-corrected chi connectivity index (χ0v) is 6.37. The van der Waals surface area contributed by atoms with Crippen molar-refractivity contribution in [2.75, 3.05) is 6.54 Å². The Balaban J connectivity index is 2.29. The van der Waals surface area contributed by atoms with Crippen molar-refractivity contribution < 1.29 is 14.3 Å². The highest BCUT2D eigenvalue weighted by molar-refractivity contribution is 5.66. The van der Waals surface area contributed by atoms with Crippen LogP contribution in [0.2, 0.25) is 0 Å². The Kier molecular flexibility index (Phi) is 2.59. The molecule has 4 nitrogen and oxygen atoms in total. The third-order valence-corrected chi connectivity index (χ3v) is 1.62. The summed E-state index contributed by atoms with van der Waals surface area (Å²) in [5.41, 5.74) is 0. The van der Waals surface area contributed by atoms with Crippen molar-refractivity contribution in [2.45, 2.75) is 25.5 Å². The Hall–Kier alpha value is -0.900. The van der Waals surface area contributed by atoms with E-state index in [0.29, 0.717) is 13.0 Å². The van der Waals surface area contributed by atoms with Gasteiger partial charge in [-0.15, -0.1) is 0 Å². The lowest BCUT2D eigenvalue weighted by atomic mass is 10.2. The van der Waals surface area contributed by atoms with E-state index in [9.17, 15) is 9.59 Å². The fourth-order valence-electron chi connectivity index (χ4n) is 1.16. The smallest absolute Gasteiger partial charge is 0.302 e. The number of hydrogen-bond acceptors (Lipinski definition) is 4. The minimum Gasteiger partial charge on any atom is -0.461 e. The first-order valence-corrected chi connectivity index (χ1v) is 3.58. The van der Waals surface area contributed by atoms with Crippen molar-refractivity contribution in [3.8, 4) is 0 Å². The van der Waals surface area contributed by atoms with Crippen LogP contribution < -0.4 is 5.32 Å². The molecule has 0 aromatic rings. The van der Waals surface area contributed by atoms with E-state index < -0.39 is 0 Å². The average molecular weight is 157 g/mol. The highest BCUT2D eigenvalue weighted by Gasteiger charge is 2.25. The van der Waals surface area contributed by atoms with Crippen molar-refractivity contribution >= 4 is 12.3 Å². The lowest BCUT2D eigenvalue weighted by molar-refractivity contribution is -0.145. The minimum atomic E-state index is -0.289. The van der Waals surface area contributed by atoms with Gasteiger partial charge in [0.1, 0.15) is 12.4 Å². The molecule has 1 heterocycles. The van der Waals surface area contributed by atoms with Crippen LogP contribution in [0.1, 0.15) is 13.3 Å². The summed E-state index contributed by atoms with van der Waals surface area (Å²) in [6.07, 6.45) is 1.31. The van der Waals surface area contributed by atoms with Crippen LogP contribution >= 0.6 is 0 Å². The van der Waals surface area contributed by atoms with Crippen LogP contribution in [0, 0.1) is 0 Å². The van der Waals surface area contributed by atoms with Gasteiger partial charge in [0, 0.05) is 19.9 Å². The molecule has 0 bridgehead atoms. The number of carbonyl (C=O) groups is 2. The van der Waals surface area contributed by atoms with Crippen LogP contribution in [0.4, 0.5) is 0 Å². The van der Waals surface area contributed by atoms with Crippen molar-refractivity contribution in [1.82, 2.24) is 5.32 Å². The van der Waals surface area contributed by atoms with E-state index in [1.54, 1.807) is 0 Å². The number of esters is 1. The molecule has 0 saturated carbocycles. The molecule has 1 aliphatic heterocycles. The van der Waals surface area contributed by atoms with Crippen LogP contribution in [0.15, 0.2) is 0 Å². The SMILES string of the molecule is CC(=O)O[C@H]1CN[C@H](C=O)C1. The monoisotopic (exact) mass is 157 g/mol. The second kappa shape index (κ2) is 3.48. The molecule has 1 saturated heterocycles. The third kappa shape index (κ3) is 2.31. The molecular formula is C7H11NO3. The van der Waals surface area contributed by atoms with E-state index in [1.807, 2.05) is 0 Å². The second-order valence-corrected chi connectivity index (χ2v) is 2.62. The second-order valence-electron chi connectivity index (χ2n) is 2.62. The number of aldehydes is 1. The van der Waals surface area contributed by atoms with Gasteiger partial charge in [-0.05, 0) is 0 Å². The zero-order valence-electron chi connectivity index (χ0n) is 6.37. The Morgan fingerprint density at radius 1 is 1.73 bits per heavy atom. The van der Waals surface area contributed by atoms with Gasteiger partial charge < -0.3 is 14.8 Å². The highest BCUT2D eigenvalue weighted by atomic mass is 16.5. The van der Waals surface area contributed by atoms with Gasteiger partial charge in [0.2, 0.25) is 0 Å². The number of hydrogen-bond donors (Lipinski definition) is 1. The number of rotatable bonds is 2. The summed E-state index contributed by atoms with van der Waals surface area (Å²) < 4.78 is 4.88. The lowest BCUT2D eigenvalue weighted by Crippen LogP contribution is -2.22. The molecular weight excluding hydrogens is 146 g/mol. The van der Waals surface area contributed by atoms with Gasteiger partial charge >= 0.3 is 5.97 Å². The first kappa shape index (κ1) is 8.20. The van der Waals surface area contributed by atoms with Gasteiger partial charge in [0.25, 0.3) is 0 Å². The van der Waals surface area contributed by atoms with Gasteiger partial charge in [0.15, 0.2) is 0 Å². The van der Waals surface area contributed by atoms with E-state index in [4.69, 9.17) is 4.74 Å². The van der Waals surface area contributed by atoms with Crippen molar-refractivity contribution in [3.63, 3.8) is 0 Å². The first-order valence-electron chi connectivity index (χ1n) is 3.58. The highest BCUT2D eigenvalue weighted by Crippen LogP contribution is 2.08. The van der Waals surface area contributed by atoms with Gasteiger partial charge in [0.05, 0.1) is 6.04 Å².